The van der Waals surface area contributed by atoms with E-state index in [0.29, 0.717) is 6.42 Å². The molecule has 0 spiro atoms. The minimum Gasteiger partial charge on any atom is -0.368 e. The van der Waals surface area contributed by atoms with Gasteiger partial charge in [-0.2, -0.15) is 13.2 Å². The van der Waals surface area contributed by atoms with E-state index < -0.39 is 29.6 Å². The fourth-order valence-corrected chi connectivity index (χ4v) is 2.70. The minimum absolute atomic E-state index is 0.232. The summed E-state index contributed by atoms with van der Waals surface area (Å²) in [5.41, 5.74) is 4.75. The maximum Gasteiger partial charge on any atom is 0.416 e. The number of nitrogens with one attached hydrogen (secondary N) is 1. The molecule has 7 heteroatoms. The van der Waals surface area contributed by atoms with E-state index in [4.69, 9.17) is 5.73 Å². The lowest BCUT2D eigenvalue weighted by Crippen LogP contribution is -2.45. The van der Waals surface area contributed by atoms with E-state index in [2.05, 4.69) is 12.2 Å². The zero-order valence-electron chi connectivity index (χ0n) is 15.1. The monoisotopic (exact) mass is 372 g/mol. The Kier molecular flexibility index (Phi) is 9.16. The van der Waals surface area contributed by atoms with E-state index in [9.17, 15) is 22.8 Å². The molecule has 26 heavy (non-hydrogen) atoms. The first-order valence-corrected chi connectivity index (χ1v) is 8.99. The number of rotatable bonds is 11. The van der Waals surface area contributed by atoms with Crippen LogP contribution in [-0.2, 0) is 22.2 Å². The van der Waals surface area contributed by atoms with Crippen molar-refractivity contribution >= 4 is 11.8 Å². The van der Waals surface area contributed by atoms with Crippen LogP contribution in [0.3, 0.4) is 0 Å². The summed E-state index contributed by atoms with van der Waals surface area (Å²) in [5.74, 6) is -1.14. The van der Waals surface area contributed by atoms with Crippen LogP contribution >= 0.6 is 0 Å². The fraction of sp³-hybridized carbons (Fsp3) is 0.579. The van der Waals surface area contributed by atoms with Crippen molar-refractivity contribution in [2.75, 3.05) is 0 Å². The molecule has 1 aromatic carbocycles. The number of benzene rings is 1. The van der Waals surface area contributed by atoms with Crippen molar-refractivity contribution in [3.8, 4) is 0 Å². The van der Waals surface area contributed by atoms with Gasteiger partial charge in [-0.25, -0.2) is 0 Å². The Balaban J connectivity index is 2.51. The van der Waals surface area contributed by atoms with Gasteiger partial charge in [-0.15, -0.1) is 0 Å². The molecular formula is C19H27F3N2O2. The number of primary amides is 1. The molecule has 146 valence electrons. The van der Waals surface area contributed by atoms with Crippen LogP contribution in [-0.4, -0.2) is 17.9 Å². The van der Waals surface area contributed by atoms with Gasteiger partial charge >= 0.3 is 6.18 Å². The summed E-state index contributed by atoms with van der Waals surface area (Å²) in [6, 6.07) is 3.80. The van der Waals surface area contributed by atoms with E-state index in [-0.39, 0.29) is 12.0 Å². The minimum atomic E-state index is -4.46. The van der Waals surface area contributed by atoms with Crippen LogP contribution in [0.4, 0.5) is 13.2 Å². The third-order valence-corrected chi connectivity index (χ3v) is 4.14. The second kappa shape index (κ2) is 10.8. The lowest BCUT2D eigenvalue weighted by atomic mass is 10.0. The number of carbonyl (C=O) groups is 2. The molecule has 0 fully saturated rings. The molecule has 0 aliphatic rings. The highest BCUT2D eigenvalue weighted by molar-refractivity contribution is 5.87. The lowest BCUT2D eigenvalue weighted by Gasteiger charge is -2.16. The van der Waals surface area contributed by atoms with E-state index in [1.807, 2.05) is 0 Å². The van der Waals surface area contributed by atoms with E-state index in [0.717, 1.165) is 44.2 Å². The summed E-state index contributed by atoms with van der Waals surface area (Å²) in [7, 11) is 0. The normalized spacial score (nSPS) is 12.6. The third-order valence-electron chi connectivity index (χ3n) is 4.14. The van der Waals surface area contributed by atoms with E-state index in [1.165, 1.54) is 18.6 Å². The van der Waals surface area contributed by atoms with Gasteiger partial charge in [-0.05, 0) is 18.1 Å². The zero-order chi connectivity index (χ0) is 19.6. The zero-order valence-corrected chi connectivity index (χ0v) is 15.1. The molecule has 0 aliphatic heterocycles. The molecule has 3 N–H and O–H groups in total. The highest BCUT2D eigenvalue weighted by Gasteiger charge is 2.30. The molecule has 0 bridgehead atoms. The Labute approximate surface area is 152 Å². The second-order valence-corrected chi connectivity index (χ2v) is 6.45. The van der Waals surface area contributed by atoms with Crippen molar-refractivity contribution in [1.29, 1.82) is 0 Å². The summed E-state index contributed by atoms with van der Waals surface area (Å²) in [6.45, 7) is 2.13. The van der Waals surface area contributed by atoms with Crippen LogP contribution in [0.15, 0.2) is 24.3 Å². The van der Waals surface area contributed by atoms with Crippen LogP contribution < -0.4 is 11.1 Å². The fourth-order valence-electron chi connectivity index (χ4n) is 2.70. The smallest absolute Gasteiger partial charge is 0.368 e. The van der Waals surface area contributed by atoms with Crippen LogP contribution in [0, 0.1) is 0 Å². The molecule has 0 aromatic heterocycles. The lowest BCUT2D eigenvalue weighted by molar-refractivity contribution is -0.137. The van der Waals surface area contributed by atoms with Gasteiger partial charge in [0, 0.05) is 0 Å². The van der Waals surface area contributed by atoms with Gasteiger partial charge in [0.05, 0.1) is 12.0 Å². The second-order valence-electron chi connectivity index (χ2n) is 6.45. The summed E-state index contributed by atoms with van der Waals surface area (Å²) >= 11 is 0. The number of hydrogen-bond donors (Lipinski definition) is 2. The SMILES string of the molecule is CCCCCCCC[C@@H](NC(=O)Cc1cccc(C(F)(F)F)c1)C(N)=O. The summed E-state index contributed by atoms with van der Waals surface area (Å²) in [4.78, 5) is 23.6. The Morgan fingerprint density at radius 2 is 1.77 bits per heavy atom. The molecule has 0 aliphatic carbocycles. The van der Waals surface area contributed by atoms with Crippen molar-refractivity contribution in [1.82, 2.24) is 5.32 Å². The van der Waals surface area contributed by atoms with E-state index >= 15 is 0 Å². The molecule has 2 amide bonds. The summed E-state index contributed by atoms with van der Waals surface area (Å²) in [5, 5.41) is 2.53. The van der Waals surface area contributed by atoms with Crippen molar-refractivity contribution in [2.45, 2.75) is 70.5 Å². The highest BCUT2D eigenvalue weighted by Crippen LogP contribution is 2.29. The Bertz CT molecular complexity index is 588. The number of carbonyl (C=O) groups excluding carboxylic acids is 2. The van der Waals surface area contributed by atoms with Gasteiger partial charge in [-0.3, -0.25) is 9.59 Å². The van der Waals surface area contributed by atoms with Crippen molar-refractivity contribution in [2.24, 2.45) is 5.73 Å². The molecule has 4 nitrogen and oxygen atoms in total. The van der Waals surface area contributed by atoms with Gasteiger partial charge in [-0.1, -0.05) is 63.6 Å². The molecule has 1 aromatic rings. The number of halogens is 3. The molecule has 0 saturated carbocycles. The number of hydrogen-bond acceptors (Lipinski definition) is 2. The highest BCUT2D eigenvalue weighted by atomic mass is 19.4. The average Bonchev–Trinajstić information content (AvgIpc) is 2.56. The molecule has 0 saturated heterocycles. The molecule has 0 radical (unpaired) electrons. The van der Waals surface area contributed by atoms with Gasteiger partial charge in [0.1, 0.15) is 6.04 Å². The van der Waals surface area contributed by atoms with Gasteiger partial charge in [0.15, 0.2) is 0 Å². The molecule has 0 heterocycles. The van der Waals surface area contributed by atoms with Crippen molar-refractivity contribution in [3.05, 3.63) is 35.4 Å². The van der Waals surface area contributed by atoms with E-state index in [1.54, 1.807) is 0 Å². The molecular weight excluding hydrogens is 345 g/mol. The Morgan fingerprint density at radius 3 is 2.38 bits per heavy atom. The maximum atomic E-state index is 12.7. The van der Waals surface area contributed by atoms with Gasteiger partial charge in [0.2, 0.25) is 11.8 Å². The molecule has 1 atom stereocenters. The average molecular weight is 372 g/mol. The number of amides is 2. The standard InChI is InChI=1S/C19H27F3N2O2/c1-2-3-4-5-6-7-11-16(18(23)26)24-17(25)13-14-9-8-10-15(12-14)19(20,21)22/h8-10,12,16H,2-7,11,13H2,1H3,(H2,23,26)(H,24,25)/t16-/m1/s1. The first kappa shape index (κ1) is 22.0. The first-order chi connectivity index (χ1) is 12.2. The number of nitrogens with two attached hydrogens (primary N) is 1. The predicted molar refractivity (Wildman–Crippen MR) is 94.3 cm³/mol. The van der Waals surface area contributed by atoms with Gasteiger partial charge < -0.3 is 11.1 Å². The Morgan fingerprint density at radius 1 is 1.12 bits per heavy atom. The molecule has 1 rings (SSSR count). The van der Waals surface area contributed by atoms with Crippen molar-refractivity contribution in [3.63, 3.8) is 0 Å². The van der Waals surface area contributed by atoms with Crippen LogP contribution in [0.1, 0.15) is 63.0 Å². The van der Waals surface area contributed by atoms with Gasteiger partial charge in [0.25, 0.3) is 0 Å². The topological polar surface area (TPSA) is 72.2 Å². The Hall–Kier alpha value is -2.05. The summed E-state index contributed by atoms with van der Waals surface area (Å²) < 4.78 is 38.1. The number of unbranched alkanes of at least 4 members (excludes halogenated alkanes) is 5. The van der Waals surface area contributed by atoms with Crippen molar-refractivity contribution < 1.29 is 22.8 Å². The van der Waals surface area contributed by atoms with Crippen LogP contribution in [0.5, 0.6) is 0 Å². The number of alkyl halides is 3. The third kappa shape index (κ3) is 8.36. The maximum absolute atomic E-state index is 12.7. The predicted octanol–water partition coefficient (Wildman–Crippen LogP) is 3.97. The summed E-state index contributed by atoms with van der Waals surface area (Å²) in [6.07, 6.45) is 1.99. The largest absolute Gasteiger partial charge is 0.416 e. The van der Waals surface area contributed by atoms with Crippen LogP contribution in [0.25, 0.3) is 0 Å². The molecule has 0 unspecified atom stereocenters. The quantitative estimate of drug-likeness (QED) is 0.577. The van der Waals surface area contributed by atoms with Crippen LogP contribution in [0.2, 0.25) is 0 Å². The first-order valence-electron chi connectivity index (χ1n) is 8.99.